The summed E-state index contributed by atoms with van der Waals surface area (Å²) in [5.41, 5.74) is 1.81. The minimum Gasteiger partial charge on any atom is -0.444 e. The fourth-order valence-corrected chi connectivity index (χ4v) is 6.28. The van der Waals surface area contributed by atoms with Crippen LogP contribution in [0.3, 0.4) is 0 Å². The lowest BCUT2D eigenvalue weighted by Gasteiger charge is -2.43. The van der Waals surface area contributed by atoms with E-state index in [1.807, 2.05) is 30.3 Å². The van der Waals surface area contributed by atoms with Gasteiger partial charge in [-0.05, 0) is 25.1 Å². The largest absolute Gasteiger partial charge is 0.444 e. The maximum Gasteiger partial charge on any atom is 0.226 e. The average Bonchev–Trinajstić information content (AvgIpc) is 3.25. The van der Waals surface area contributed by atoms with Crippen LogP contribution in [-0.2, 0) is 16.4 Å². The molecular formula is C20H27N3O3S. The Labute approximate surface area is 161 Å². The van der Waals surface area contributed by atoms with Gasteiger partial charge in [0.25, 0.3) is 0 Å². The van der Waals surface area contributed by atoms with E-state index < -0.39 is 9.84 Å². The summed E-state index contributed by atoms with van der Waals surface area (Å²) in [7, 11) is -2.98. The van der Waals surface area contributed by atoms with Crippen molar-refractivity contribution >= 4 is 9.84 Å². The van der Waals surface area contributed by atoms with E-state index in [4.69, 9.17) is 4.42 Å². The molecule has 27 heavy (non-hydrogen) atoms. The topological polar surface area (TPSA) is 66.7 Å². The van der Waals surface area contributed by atoms with E-state index in [1.165, 1.54) is 0 Å². The van der Waals surface area contributed by atoms with E-state index in [2.05, 4.69) is 21.7 Å². The van der Waals surface area contributed by atoms with Crippen molar-refractivity contribution in [2.75, 3.05) is 31.1 Å². The number of fused-ring (bicyclic) bond motifs is 1. The summed E-state index contributed by atoms with van der Waals surface area (Å²) in [6.07, 6.45) is 3.95. The second kappa shape index (κ2) is 7.73. The molecule has 6 nitrogen and oxygen atoms in total. The highest BCUT2D eigenvalue weighted by atomic mass is 32.2. The number of aromatic nitrogens is 1. The van der Waals surface area contributed by atoms with Gasteiger partial charge in [-0.1, -0.05) is 31.5 Å². The maximum atomic E-state index is 12.3. The number of sulfone groups is 1. The number of rotatable bonds is 6. The molecule has 0 radical (unpaired) electrons. The lowest BCUT2D eigenvalue weighted by atomic mass is 10.0. The quantitative estimate of drug-likeness (QED) is 0.756. The molecule has 1 aromatic heterocycles. The minimum atomic E-state index is -2.98. The first-order chi connectivity index (χ1) is 13.1. The normalized spacial score (nSPS) is 25.5. The van der Waals surface area contributed by atoms with E-state index in [0.29, 0.717) is 12.4 Å². The van der Waals surface area contributed by atoms with Gasteiger partial charge in [0.2, 0.25) is 5.89 Å². The van der Waals surface area contributed by atoms with Crippen molar-refractivity contribution in [1.29, 1.82) is 0 Å². The zero-order valence-corrected chi connectivity index (χ0v) is 16.6. The number of hydrogen-bond donors (Lipinski definition) is 0. The van der Waals surface area contributed by atoms with Crippen molar-refractivity contribution in [3.63, 3.8) is 0 Å². The Balaban J connectivity index is 1.49. The van der Waals surface area contributed by atoms with Crippen LogP contribution in [-0.4, -0.2) is 66.4 Å². The van der Waals surface area contributed by atoms with Gasteiger partial charge >= 0.3 is 0 Å². The summed E-state index contributed by atoms with van der Waals surface area (Å²) in [6, 6.07) is 9.99. The Morgan fingerprint density at radius 3 is 2.56 bits per heavy atom. The first-order valence-electron chi connectivity index (χ1n) is 9.74. The lowest BCUT2D eigenvalue weighted by molar-refractivity contribution is 0.0389. The molecule has 0 unspecified atom stereocenters. The number of oxazole rings is 1. The van der Waals surface area contributed by atoms with Gasteiger partial charge in [0.05, 0.1) is 17.2 Å². The molecule has 4 rings (SSSR count). The van der Waals surface area contributed by atoms with Gasteiger partial charge in [-0.2, -0.15) is 0 Å². The molecule has 2 atom stereocenters. The first-order valence-corrected chi connectivity index (χ1v) is 11.6. The van der Waals surface area contributed by atoms with Gasteiger partial charge in [0.1, 0.15) is 6.26 Å². The van der Waals surface area contributed by atoms with Crippen molar-refractivity contribution in [3.05, 3.63) is 42.3 Å². The second-order valence-corrected chi connectivity index (χ2v) is 9.74. The predicted molar refractivity (Wildman–Crippen MR) is 105 cm³/mol. The van der Waals surface area contributed by atoms with Crippen LogP contribution in [0.15, 0.2) is 41.0 Å². The number of hydrogen-bond acceptors (Lipinski definition) is 6. The number of nitrogens with zero attached hydrogens (tertiary/aromatic N) is 3. The standard InChI is InChI=1S/C20H27N3O3S/c1-2-3-9-22-10-11-23(19-15-27(24,25)14-18(19)22)12-17-13-26-20(21-17)16-7-5-4-6-8-16/h4-8,13,18-19H,2-3,9-12,14-15H2,1H3/t18-,19+/m0/s1. The summed E-state index contributed by atoms with van der Waals surface area (Å²) in [6.45, 7) is 5.58. The zero-order valence-electron chi connectivity index (χ0n) is 15.8. The Hall–Kier alpha value is -1.70. The molecular weight excluding hydrogens is 362 g/mol. The smallest absolute Gasteiger partial charge is 0.226 e. The molecule has 2 fully saturated rings. The van der Waals surface area contributed by atoms with E-state index in [1.54, 1.807) is 6.26 Å². The lowest BCUT2D eigenvalue weighted by Crippen LogP contribution is -2.58. The van der Waals surface area contributed by atoms with E-state index in [9.17, 15) is 8.42 Å². The number of unbranched alkanes of at least 4 members (excludes halogenated alkanes) is 1. The summed E-state index contributed by atoms with van der Waals surface area (Å²) in [5, 5.41) is 0. The van der Waals surface area contributed by atoms with E-state index >= 15 is 0 Å². The van der Waals surface area contributed by atoms with Crippen LogP contribution >= 0.6 is 0 Å². The highest BCUT2D eigenvalue weighted by Gasteiger charge is 2.46. The van der Waals surface area contributed by atoms with Crippen LogP contribution in [0.5, 0.6) is 0 Å². The third-order valence-electron chi connectivity index (χ3n) is 5.64. The monoisotopic (exact) mass is 389 g/mol. The average molecular weight is 390 g/mol. The van der Waals surface area contributed by atoms with Crippen molar-refractivity contribution in [2.24, 2.45) is 0 Å². The van der Waals surface area contributed by atoms with Crippen molar-refractivity contribution in [2.45, 2.75) is 38.4 Å². The Morgan fingerprint density at radius 1 is 1.11 bits per heavy atom. The third-order valence-corrected chi connectivity index (χ3v) is 7.34. The maximum absolute atomic E-state index is 12.3. The molecule has 2 aliphatic rings. The molecule has 0 amide bonds. The van der Waals surface area contributed by atoms with Crippen LogP contribution in [0, 0.1) is 0 Å². The van der Waals surface area contributed by atoms with Crippen molar-refractivity contribution in [3.8, 4) is 11.5 Å². The molecule has 7 heteroatoms. The second-order valence-electron chi connectivity index (χ2n) is 7.58. The molecule has 0 bridgehead atoms. The van der Waals surface area contributed by atoms with Gasteiger partial charge in [-0.3, -0.25) is 9.80 Å². The molecule has 0 aliphatic carbocycles. The fraction of sp³-hybridized carbons (Fsp3) is 0.550. The van der Waals surface area contributed by atoms with Crippen LogP contribution in [0.25, 0.3) is 11.5 Å². The summed E-state index contributed by atoms with van der Waals surface area (Å²) in [4.78, 5) is 9.29. The molecule has 1 aromatic carbocycles. The minimum absolute atomic E-state index is 0.0532. The molecule has 0 spiro atoms. The van der Waals surface area contributed by atoms with Gasteiger partial charge in [0.15, 0.2) is 9.84 Å². The van der Waals surface area contributed by atoms with Gasteiger partial charge < -0.3 is 4.42 Å². The molecule has 3 heterocycles. The van der Waals surface area contributed by atoms with Crippen molar-refractivity contribution in [1.82, 2.24) is 14.8 Å². The Bertz CT molecular complexity index is 866. The van der Waals surface area contributed by atoms with E-state index in [0.717, 1.165) is 43.7 Å². The molecule has 0 saturated carbocycles. The predicted octanol–water partition coefficient (Wildman–Crippen LogP) is 2.42. The molecule has 2 aliphatic heterocycles. The van der Waals surface area contributed by atoms with Crippen LogP contribution in [0.2, 0.25) is 0 Å². The number of benzene rings is 1. The fourth-order valence-electron chi connectivity index (χ4n) is 4.23. The van der Waals surface area contributed by atoms with Gasteiger partial charge in [-0.25, -0.2) is 13.4 Å². The van der Waals surface area contributed by atoms with E-state index in [-0.39, 0.29) is 23.6 Å². The molecule has 146 valence electrons. The van der Waals surface area contributed by atoms with Crippen LogP contribution in [0.4, 0.5) is 0 Å². The first kappa shape index (κ1) is 18.7. The highest BCUT2D eigenvalue weighted by molar-refractivity contribution is 7.91. The van der Waals surface area contributed by atoms with Crippen LogP contribution < -0.4 is 0 Å². The van der Waals surface area contributed by atoms with Crippen LogP contribution in [0.1, 0.15) is 25.5 Å². The molecule has 0 N–H and O–H groups in total. The summed E-state index contributed by atoms with van der Waals surface area (Å²) < 4.78 is 30.3. The SMILES string of the molecule is CCCCN1CCN(Cc2coc(-c3ccccc3)n2)[C@@H]2CS(=O)(=O)C[C@@H]21. The van der Waals surface area contributed by atoms with Gasteiger partial charge in [0, 0.05) is 37.3 Å². The molecule has 2 saturated heterocycles. The molecule has 2 aromatic rings. The summed E-state index contributed by atoms with van der Waals surface area (Å²) in [5.74, 6) is 1.15. The van der Waals surface area contributed by atoms with Gasteiger partial charge in [-0.15, -0.1) is 0 Å². The highest BCUT2D eigenvalue weighted by Crippen LogP contribution is 2.29. The Morgan fingerprint density at radius 2 is 1.81 bits per heavy atom. The summed E-state index contributed by atoms with van der Waals surface area (Å²) >= 11 is 0. The Kier molecular flexibility index (Phi) is 5.34. The zero-order chi connectivity index (χ0) is 18.9. The number of piperazine rings is 1. The third kappa shape index (κ3) is 4.10. The van der Waals surface area contributed by atoms with Crippen molar-refractivity contribution < 1.29 is 12.8 Å².